The van der Waals surface area contributed by atoms with E-state index >= 15 is 0 Å². The van der Waals surface area contributed by atoms with Crippen LogP contribution < -0.4 is 26.6 Å². The van der Waals surface area contributed by atoms with Crippen molar-refractivity contribution in [3.8, 4) is 0 Å². The Labute approximate surface area is 241 Å². The molecule has 0 spiro atoms. The van der Waals surface area contributed by atoms with E-state index in [2.05, 4.69) is 26.6 Å². The van der Waals surface area contributed by atoms with Gasteiger partial charge in [-0.25, -0.2) is 0 Å². The molecule has 2 rings (SSSR count). The molecular weight excluding hydrogens is 530 g/mol. The molecule has 1 aliphatic rings. The highest BCUT2D eigenvalue weighted by atomic mass is 16.5. The van der Waals surface area contributed by atoms with Crippen molar-refractivity contribution in [1.29, 1.82) is 0 Å². The van der Waals surface area contributed by atoms with Crippen LogP contribution in [0.25, 0.3) is 0 Å². The van der Waals surface area contributed by atoms with Crippen molar-refractivity contribution in [2.45, 2.75) is 71.3 Å². The highest BCUT2D eigenvalue weighted by Gasteiger charge is 2.48. The van der Waals surface area contributed by atoms with E-state index in [0.717, 1.165) is 37.7 Å². The van der Waals surface area contributed by atoms with Crippen LogP contribution in [0.4, 0.5) is 0 Å². The predicted molar refractivity (Wildman–Crippen MR) is 151 cm³/mol. The molecule has 226 valence electrons. The topological polar surface area (TPSA) is 172 Å². The van der Waals surface area contributed by atoms with Crippen molar-refractivity contribution >= 4 is 35.3 Å². The Morgan fingerprint density at radius 1 is 0.805 bits per heavy atom. The fraction of sp³-hybridized carbons (Fsp3) is 0.586. The average Bonchev–Trinajstić information content (AvgIpc) is 3.77. The molecule has 0 radical (unpaired) electrons. The molecule has 0 aromatic heterocycles. The Hall–Kier alpha value is -3.80. The van der Waals surface area contributed by atoms with E-state index in [-0.39, 0.29) is 51.1 Å². The maximum absolute atomic E-state index is 12.9. The molecule has 1 saturated carbocycles. The minimum Gasteiger partial charge on any atom is -0.360 e. The maximum atomic E-state index is 12.9. The molecule has 0 saturated heterocycles. The largest absolute Gasteiger partial charge is 0.360 e. The minimum atomic E-state index is -1.00. The summed E-state index contributed by atoms with van der Waals surface area (Å²) in [6, 6.07) is 8.03. The number of rotatable bonds is 20. The number of hydrogen-bond acceptors (Lipinski definition) is 7. The first kappa shape index (κ1) is 33.4. The second-order valence-corrected chi connectivity index (χ2v) is 10.2. The zero-order valence-electron chi connectivity index (χ0n) is 24.0. The quantitative estimate of drug-likeness (QED) is 0.112. The second kappa shape index (κ2) is 17.8. The zero-order chi connectivity index (χ0) is 30.1. The van der Waals surface area contributed by atoms with Gasteiger partial charge in [0.05, 0.1) is 31.7 Å². The van der Waals surface area contributed by atoms with Crippen LogP contribution in [0.2, 0.25) is 0 Å². The van der Waals surface area contributed by atoms with Gasteiger partial charge in [-0.05, 0) is 24.8 Å². The Bertz CT molecular complexity index is 1040. The van der Waals surface area contributed by atoms with E-state index in [9.17, 15) is 28.8 Å². The number of amides is 5. The summed E-state index contributed by atoms with van der Waals surface area (Å²) in [5.74, 6) is -2.26. The third kappa shape index (κ3) is 12.9. The van der Waals surface area contributed by atoms with E-state index in [1.165, 1.54) is 0 Å². The standard InChI is InChI=1S/C29H43N5O7/c1-3-5-7-12-24(36)30-16-25(37)31-18-27(39)34-22(15-21-10-8-6-9-11-21)28(40)32-17-26(38)33-20-41-19-29(13-14-29)23(35)4-2/h6,8-11,22H,3-5,7,12-20H2,1-2H3,(H,30,36)(H,31,37)(H,32,40)(H,33,38)(H,34,39)/t22-/m0/s1. The number of unbranched alkanes of at least 4 members (excludes halogenated alkanes) is 2. The SMILES string of the molecule is CCCCCC(=O)NCC(=O)NCC(=O)N[C@@H](Cc1ccccc1)C(=O)NCC(=O)NCOCC1(C(=O)CC)CC1. The second-order valence-electron chi connectivity index (χ2n) is 10.2. The van der Waals surface area contributed by atoms with Gasteiger partial charge in [0.2, 0.25) is 29.5 Å². The van der Waals surface area contributed by atoms with Crippen LogP contribution in [0.1, 0.15) is 64.4 Å². The Kier molecular flexibility index (Phi) is 14.5. The monoisotopic (exact) mass is 573 g/mol. The number of benzene rings is 1. The fourth-order valence-corrected chi connectivity index (χ4v) is 4.11. The Morgan fingerprint density at radius 2 is 1.44 bits per heavy atom. The molecule has 0 bridgehead atoms. The van der Waals surface area contributed by atoms with Crippen molar-refractivity contribution in [1.82, 2.24) is 26.6 Å². The number of hydrogen-bond donors (Lipinski definition) is 5. The van der Waals surface area contributed by atoms with Crippen LogP contribution in [-0.4, -0.2) is 74.3 Å². The van der Waals surface area contributed by atoms with E-state index in [0.29, 0.717) is 12.8 Å². The Morgan fingerprint density at radius 3 is 2.10 bits per heavy atom. The van der Waals surface area contributed by atoms with Crippen LogP contribution in [0.3, 0.4) is 0 Å². The smallest absolute Gasteiger partial charge is 0.243 e. The average molecular weight is 574 g/mol. The number of carbonyl (C=O) groups excluding carboxylic acids is 6. The van der Waals surface area contributed by atoms with E-state index < -0.39 is 35.1 Å². The molecule has 5 amide bonds. The van der Waals surface area contributed by atoms with Crippen molar-refractivity contribution in [3.63, 3.8) is 0 Å². The molecule has 5 N–H and O–H groups in total. The molecule has 1 fully saturated rings. The van der Waals surface area contributed by atoms with Crippen molar-refractivity contribution in [2.24, 2.45) is 5.41 Å². The maximum Gasteiger partial charge on any atom is 0.243 e. The van der Waals surface area contributed by atoms with E-state index in [1.54, 1.807) is 24.3 Å². The lowest BCUT2D eigenvalue weighted by molar-refractivity contribution is -0.131. The summed E-state index contributed by atoms with van der Waals surface area (Å²) in [6.45, 7) is 3.03. The molecule has 0 heterocycles. The number of ether oxygens (including phenoxy) is 1. The third-order valence-electron chi connectivity index (χ3n) is 6.77. The minimum absolute atomic E-state index is 0.0868. The first-order valence-corrected chi connectivity index (χ1v) is 14.2. The predicted octanol–water partition coefficient (Wildman–Crippen LogP) is 0.492. The van der Waals surface area contributed by atoms with Gasteiger partial charge in [0, 0.05) is 19.3 Å². The van der Waals surface area contributed by atoms with Crippen LogP contribution in [0.5, 0.6) is 0 Å². The van der Waals surface area contributed by atoms with E-state index in [1.807, 2.05) is 19.9 Å². The van der Waals surface area contributed by atoms with Crippen LogP contribution in [-0.2, 0) is 39.9 Å². The zero-order valence-corrected chi connectivity index (χ0v) is 24.0. The Balaban J connectivity index is 1.77. The molecule has 1 aliphatic carbocycles. The first-order chi connectivity index (χ1) is 19.7. The lowest BCUT2D eigenvalue weighted by atomic mass is 10.0. The lowest BCUT2D eigenvalue weighted by Crippen LogP contribution is -2.52. The molecular formula is C29H43N5O7. The van der Waals surface area contributed by atoms with Crippen molar-refractivity contribution in [2.75, 3.05) is 33.0 Å². The number of Topliss-reactive ketones (excluding diaryl/α,β-unsaturated/α-hetero) is 1. The highest BCUT2D eigenvalue weighted by Crippen LogP contribution is 2.47. The molecule has 1 atom stereocenters. The molecule has 1 aromatic carbocycles. The molecule has 0 aliphatic heterocycles. The summed E-state index contributed by atoms with van der Waals surface area (Å²) in [4.78, 5) is 73.3. The van der Waals surface area contributed by atoms with Gasteiger partial charge in [-0.2, -0.15) is 0 Å². The fourth-order valence-electron chi connectivity index (χ4n) is 4.11. The highest BCUT2D eigenvalue weighted by molar-refractivity contribution is 5.92. The number of carbonyl (C=O) groups is 6. The third-order valence-corrected chi connectivity index (χ3v) is 6.77. The van der Waals surface area contributed by atoms with Gasteiger partial charge in [0.25, 0.3) is 0 Å². The van der Waals surface area contributed by atoms with Crippen molar-refractivity contribution in [3.05, 3.63) is 35.9 Å². The lowest BCUT2D eigenvalue weighted by Gasteiger charge is -2.19. The van der Waals surface area contributed by atoms with Gasteiger partial charge in [-0.3, -0.25) is 28.8 Å². The van der Waals surface area contributed by atoms with Gasteiger partial charge in [-0.15, -0.1) is 0 Å². The number of ketones is 1. The summed E-state index contributed by atoms with van der Waals surface area (Å²) in [6.07, 6.45) is 5.19. The molecule has 0 unspecified atom stereocenters. The first-order valence-electron chi connectivity index (χ1n) is 14.2. The molecule has 12 heteroatoms. The summed E-state index contributed by atoms with van der Waals surface area (Å²) in [5, 5.41) is 12.6. The van der Waals surface area contributed by atoms with Gasteiger partial charge in [-0.1, -0.05) is 57.0 Å². The van der Waals surface area contributed by atoms with Crippen LogP contribution in [0.15, 0.2) is 30.3 Å². The van der Waals surface area contributed by atoms with Gasteiger partial charge >= 0.3 is 0 Å². The number of nitrogens with one attached hydrogen (secondary N) is 5. The summed E-state index contributed by atoms with van der Waals surface area (Å²) >= 11 is 0. The van der Waals surface area contributed by atoms with Gasteiger partial charge in [0.15, 0.2) is 0 Å². The van der Waals surface area contributed by atoms with Crippen LogP contribution in [0, 0.1) is 5.41 Å². The van der Waals surface area contributed by atoms with Gasteiger partial charge < -0.3 is 31.3 Å². The van der Waals surface area contributed by atoms with Gasteiger partial charge in [0.1, 0.15) is 18.6 Å². The van der Waals surface area contributed by atoms with Crippen LogP contribution >= 0.6 is 0 Å². The summed E-state index contributed by atoms with van der Waals surface area (Å²) < 4.78 is 5.46. The van der Waals surface area contributed by atoms with Crippen molar-refractivity contribution < 1.29 is 33.5 Å². The normalized spacial score (nSPS) is 13.8. The van der Waals surface area contributed by atoms with E-state index in [4.69, 9.17) is 4.74 Å². The summed E-state index contributed by atoms with van der Waals surface area (Å²) in [5.41, 5.74) is 0.370. The summed E-state index contributed by atoms with van der Waals surface area (Å²) in [7, 11) is 0. The molecule has 41 heavy (non-hydrogen) atoms. The molecule has 12 nitrogen and oxygen atoms in total. The molecule has 1 aromatic rings.